The minimum atomic E-state index is -0.0494. The maximum Gasteiger partial charge on any atom is 0.306 e. The predicted octanol–water partition coefficient (Wildman–Crippen LogP) is 12.7. The molecular weight excluding hydrogens is 622 g/mol. The van der Waals surface area contributed by atoms with Crippen LogP contribution in [-0.2, 0) is 23.9 Å². The van der Waals surface area contributed by atoms with E-state index in [9.17, 15) is 14.4 Å². The van der Waals surface area contributed by atoms with Crippen LogP contribution >= 0.6 is 0 Å². The Kier molecular flexibility index (Phi) is 34.9. The van der Waals surface area contributed by atoms with Gasteiger partial charge in [-0.15, -0.1) is 0 Å². The molecule has 6 heteroatoms. The summed E-state index contributed by atoms with van der Waals surface area (Å²) in [7, 11) is 4.07. The molecule has 0 aliphatic carbocycles. The Morgan fingerprint density at radius 2 is 0.800 bits per heavy atom. The van der Waals surface area contributed by atoms with Gasteiger partial charge in [0, 0.05) is 25.7 Å². The van der Waals surface area contributed by atoms with Crippen molar-refractivity contribution in [2.75, 3.05) is 20.6 Å². The molecule has 0 aliphatic rings. The normalized spacial score (nSPS) is 12.3. The first kappa shape index (κ1) is 48.6. The summed E-state index contributed by atoms with van der Waals surface area (Å²) in [6, 6.07) is 0. The van der Waals surface area contributed by atoms with Crippen LogP contribution in [0.1, 0.15) is 227 Å². The third-order valence-electron chi connectivity index (χ3n) is 10.2. The molecule has 0 saturated heterocycles. The number of ether oxygens (including phenoxy) is 2. The molecule has 6 nitrogen and oxygen atoms in total. The van der Waals surface area contributed by atoms with Crippen LogP contribution in [0, 0.1) is 5.92 Å². The van der Waals surface area contributed by atoms with Crippen molar-refractivity contribution in [3.63, 3.8) is 0 Å². The van der Waals surface area contributed by atoms with Gasteiger partial charge < -0.3 is 14.4 Å². The maximum atomic E-state index is 12.6. The Bertz CT molecular complexity index is 718. The van der Waals surface area contributed by atoms with E-state index < -0.39 is 0 Å². The van der Waals surface area contributed by atoms with Crippen molar-refractivity contribution in [2.24, 2.45) is 5.92 Å². The monoisotopic (exact) mass is 708 g/mol. The number of unbranched alkanes of at least 4 members (excludes halogenated alkanes) is 14. The van der Waals surface area contributed by atoms with Gasteiger partial charge in [0.25, 0.3) is 0 Å². The molecule has 0 saturated carbocycles. The van der Waals surface area contributed by atoms with Gasteiger partial charge in [0.05, 0.1) is 0 Å². The molecule has 0 rings (SSSR count). The molecule has 50 heavy (non-hydrogen) atoms. The number of Topliss-reactive ketones (excluding diaryl/α,β-unsaturated/α-hetero) is 1. The fourth-order valence-corrected chi connectivity index (χ4v) is 6.93. The first-order valence-electron chi connectivity index (χ1n) is 21.8. The summed E-state index contributed by atoms with van der Waals surface area (Å²) >= 11 is 0. The fraction of sp³-hybridized carbons (Fsp3) is 0.932. The summed E-state index contributed by atoms with van der Waals surface area (Å²) in [6.45, 7) is 9.76. The van der Waals surface area contributed by atoms with Gasteiger partial charge >= 0.3 is 11.9 Å². The standard InChI is InChI=1S/C44H85NO5/c1-7-11-28-39(29-12-8-2)38-40(46)30-23-19-15-16-20-24-33-42(50-44(48)36-27-37-45(5)6)34-25-21-17-18-22-26-35-43(47)49-41(31-13-9-3)32-14-10-4/h39,41-42H,7-38H2,1-6H3. The van der Waals surface area contributed by atoms with Crippen LogP contribution in [0.25, 0.3) is 0 Å². The average Bonchev–Trinajstić information content (AvgIpc) is 3.08. The van der Waals surface area contributed by atoms with Crippen molar-refractivity contribution in [3.05, 3.63) is 0 Å². The average molecular weight is 708 g/mol. The van der Waals surface area contributed by atoms with Gasteiger partial charge in [-0.2, -0.15) is 0 Å². The zero-order chi connectivity index (χ0) is 37.1. The third-order valence-corrected chi connectivity index (χ3v) is 10.2. The Hall–Kier alpha value is -1.43. The number of carbonyl (C=O) groups excluding carboxylic acids is 3. The second-order valence-corrected chi connectivity index (χ2v) is 15.6. The summed E-state index contributed by atoms with van der Waals surface area (Å²) < 4.78 is 11.8. The summed E-state index contributed by atoms with van der Waals surface area (Å²) in [5.74, 6) is 1.01. The van der Waals surface area contributed by atoms with E-state index >= 15 is 0 Å². The molecule has 0 heterocycles. The Morgan fingerprint density at radius 3 is 1.24 bits per heavy atom. The minimum Gasteiger partial charge on any atom is -0.462 e. The van der Waals surface area contributed by atoms with E-state index in [1.165, 1.54) is 57.8 Å². The van der Waals surface area contributed by atoms with Crippen molar-refractivity contribution in [1.29, 1.82) is 0 Å². The molecule has 0 aromatic rings. The topological polar surface area (TPSA) is 72.9 Å². The van der Waals surface area contributed by atoms with Crippen molar-refractivity contribution in [2.45, 2.75) is 239 Å². The van der Waals surface area contributed by atoms with E-state index in [0.717, 1.165) is 135 Å². The van der Waals surface area contributed by atoms with Gasteiger partial charge in [-0.1, -0.05) is 143 Å². The molecule has 0 fully saturated rings. The van der Waals surface area contributed by atoms with Crippen LogP contribution in [0.15, 0.2) is 0 Å². The van der Waals surface area contributed by atoms with Gasteiger partial charge in [-0.3, -0.25) is 14.4 Å². The van der Waals surface area contributed by atoms with E-state index in [-0.39, 0.29) is 24.1 Å². The summed E-state index contributed by atoms with van der Waals surface area (Å²) in [5, 5.41) is 0. The van der Waals surface area contributed by atoms with Crippen molar-refractivity contribution in [3.8, 4) is 0 Å². The molecule has 0 spiro atoms. The van der Waals surface area contributed by atoms with Crippen LogP contribution in [0.2, 0.25) is 0 Å². The van der Waals surface area contributed by atoms with E-state index in [2.05, 4.69) is 32.6 Å². The number of hydrogen-bond acceptors (Lipinski definition) is 6. The zero-order valence-corrected chi connectivity index (χ0v) is 34.3. The van der Waals surface area contributed by atoms with E-state index in [1.54, 1.807) is 0 Å². The van der Waals surface area contributed by atoms with E-state index in [1.807, 2.05) is 14.1 Å². The second-order valence-electron chi connectivity index (χ2n) is 15.6. The van der Waals surface area contributed by atoms with Crippen LogP contribution in [0.5, 0.6) is 0 Å². The Labute approximate surface area is 311 Å². The first-order valence-corrected chi connectivity index (χ1v) is 21.8. The lowest BCUT2D eigenvalue weighted by atomic mass is 9.90. The highest BCUT2D eigenvalue weighted by molar-refractivity contribution is 5.78. The van der Waals surface area contributed by atoms with Gasteiger partial charge in [0.15, 0.2) is 0 Å². The van der Waals surface area contributed by atoms with Crippen molar-refractivity contribution >= 4 is 17.7 Å². The first-order chi connectivity index (χ1) is 24.2. The summed E-state index contributed by atoms with van der Waals surface area (Å²) in [4.78, 5) is 39.7. The molecule has 0 N–H and O–H groups in total. The molecule has 0 bridgehead atoms. The lowest BCUT2D eigenvalue weighted by Gasteiger charge is -2.19. The Morgan fingerprint density at radius 1 is 0.440 bits per heavy atom. The molecule has 0 amide bonds. The highest BCUT2D eigenvalue weighted by atomic mass is 16.5. The quantitative estimate of drug-likeness (QED) is 0.0470. The Balaban J connectivity index is 4.32. The smallest absolute Gasteiger partial charge is 0.306 e. The number of ketones is 1. The van der Waals surface area contributed by atoms with Crippen LogP contribution in [0.4, 0.5) is 0 Å². The lowest BCUT2D eigenvalue weighted by Crippen LogP contribution is -2.20. The summed E-state index contributed by atoms with van der Waals surface area (Å²) in [5.41, 5.74) is 0. The molecule has 0 radical (unpaired) electrons. The van der Waals surface area contributed by atoms with Gasteiger partial charge in [0.2, 0.25) is 0 Å². The highest BCUT2D eigenvalue weighted by Crippen LogP contribution is 2.22. The molecular formula is C44H85NO5. The molecule has 0 aliphatic heterocycles. The SMILES string of the molecule is CCCCC(CCCC)CC(=O)CCCCCCCCC(CCCCCCCCC(=O)OC(CCCC)CCCC)OC(=O)CCCN(C)C. The number of nitrogens with zero attached hydrogens (tertiary/aromatic N) is 1. The molecule has 1 unspecified atom stereocenters. The van der Waals surface area contributed by atoms with Gasteiger partial charge in [-0.05, 0) is 84.3 Å². The second kappa shape index (κ2) is 36.0. The van der Waals surface area contributed by atoms with Gasteiger partial charge in [-0.25, -0.2) is 0 Å². The van der Waals surface area contributed by atoms with Gasteiger partial charge in [0.1, 0.15) is 18.0 Å². The molecule has 0 aromatic heterocycles. The van der Waals surface area contributed by atoms with Crippen LogP contribution < -0.4 is 0 Å². The summed E-state index contributed by atoms with van der Waals surface area (Å²) in [6.07, 6.45) is 32.7. The molecule has 1 atom stereocenters. The largest absolute Gasteiger partial charge is 0.462 e. The highest BCUT2D eigenvalue weighted by Gasteiger charge is 2.16. The van der Waals surface area contributed by atoms with E-state index in [4.69, 9.17) is 9.47 Å². The van der Waals surface area contributed by atoms with E-state index in [0.29, 0.717) is 24.5 Å². The minimum absolute atomic E-state index is 0.0171. The van der Waals surface area contributed by atoms with Crippen LogP contribution in [0.3, 0.4) is 0 Å². The lowest BCUT2D eigenvalue weighted by molar-refractivity contribution is -0.151. The third kappa shape index (κ3) is 32.5. The number of rotatable bonds is 38. The van der Waals surface area contributed by atoms with Crippen molar-refractivity contribution in [1.82, 2.24) is 4.90 Å². The number of hydrogen-bond donors (Lipinski definition) is 0. The molecule has 296 valence electrons. The fourth-order valence-electron chi connectivity index (χ4n) is 6.93. The maximum absolute atomic E-state index is 12.6. The molecule has 0 aromatic carbocycles. The zero-order valence-electron chi connectivity index (χ0n) is 34.3. The van der Waals surface area contributed by atoms with Crippen molar-refractivity contribution < 1.29 is 23.9 Å². The number of carbonyl (C=O) groups is 3. The number of esters is 2. The van der Waals surface area contributed by atoms with Crippen LogP contribution in [-0.4, -0.2) is 55.5 Å². The predicted molar refractivity (Wildman–Crippen MR) is 213 cm³/mol.